The maximum Gasteiger partial charge on any atom is 0.0469 e. The Bertz CT molecular complexity index is 189. The second kappa shape index (κ2) is 8.10. The van der Waals surface area contributed by atoms with Crippen molar-refractivity contribution in [1.29, 1.82) is 0 Å². The molecular weight excluding hydrogens is 210 g/mol. The molecule has 0 aromatic carbocycles. The molecule has 0 radical (unpaired) electrons. The van der Waals surface area contributed by atoms with Crippen LogP contribution >= 0.6 is 0 Å². The molecule has 3 atom stereocenters. The van der Waals surface area contributed by atoms with Gasteiger partial charge in [-0.2, -0.15) is 0 Å². The second-order valence-corrected chi connectivity index (χ2v) is 5.76. The number of hydrogen-bond acceptors (Lipinski definition) is 2. The number of hydrogen-bond donors (Lipinski definition) is 1. The Balaban J connectivity index is 2.32. The van der Waals surface area contributed by atoms with E-state index < -0.39 is 0 Å². The van der Waals surface area contributed by atoms with Crippen LogP contribution in [0.1, 0.15) is 59.8 Å². The summed E-state index contributed by atoms with van der Waals surface area (Å²) in [5.41, 5.74) is 0. The van der Waals surface area contributed by atoms with Gasteiger partial charge in [0.15, 0.2) is 0 Å². The first-order chi connectivity index (χ1) is 8.17. The van der Waals surface area contributed by atoms with E-state index in [4.69, 9.17) is 4.74 Å². The fraction of sp³-hybridized carbons (Fsp3) is 1.00. The minimum absolute atomic E-state index is 0.646. The summed E-state index contributed by atoms with van der Waals surface area (Å²) in [6.45, 7) is 11.2. The van der Waals surface area contributed by atoms with Crippen molar-refractivity contribution in [3.63, 3.8) is 0 Å². The number of nitrogens with one attached hydrogen (secondary N) is 1. The molecule has 1 saturated heterocycles. The van der Waals surface area contributed by atoms with Crippen molar-refractivity contribution in [1.82, 2.24) is 5.32 Å². The highest BCUT2D eigenvalue weighted by Crippen LogP contribution is 2.20. The van der Waals surface area contributed by atoms with Gasteiger partial charge in [-0.25, -0.2) is 0 Å². The topological polar surface area (TPSA) is 21.3 Å². The Morgan fingerprint density at radius 2 is 1.76 bits per heavy atom. The summed E-state index contributed by atoms with van der Waals surface area (Å²) in [6, 6.07) is 1.34. The van der Waals surface area contributed by atoms with Gasteiger partial charge in [-0.3, -0.25) is 0 Å². The summed E-state index contributed by atoms with van der Waals surface area (Å²) in [5, 5.41) is 3.85. The third kappa shape index (κ3) is 5.39. The predicted octanol–water partition coefficient (Wildman–Crippen LogP) is 3.61. The van der Waals surface area contributed by atoms with Crippen molar-refractivity contribution < 1.29 is 4.74 Å². The second-order valence-electron chi connectivity index (χ2n) is 5.76. The minimum Gasteiger partial charge on any atom is -0.381 e. The Morgan fingerprint density at radius 1 is 1.12 bits per heavy atom. The molecular formula is C15H31NO. The van der Waals surface area contributed by atoms with Crippen LogP contribution in [0.2, 0.25) is 0 Å². The first kappa shape index (κ1) is 15.0. The predicted molar refractivity (Wildman–Crippen MR) is 74.3 cm³/mol. The largest absolute Gasteiger partial charge is 0.381 e. The van der Waals surface area contributed by atoms with E-state index in [-0.39, 0.29) is 0 Å². The molecule has 17 heavy (non-hydrogen) atoms. The summed E-state index contributed by atoms with van der Waals surface area (Å²) >= 11 is 0. The van der Waals surface area contributed by atoms with Crippen molar-refractivity contribution in [3.8, 4) is 0 Å². The maximum absolute atomic E-state index is 5.44. The summed E-state index contributed by atoms with van der Waals surface area (Å²) in [4.78, 5) is 0. The van der Waals surface area contributed by atoms with E-state index in [0.29, 0.717) is 12.1 Å². The van der Waals surface area contributed by atoms with Gasteiger partial charge in [0.2, 0.25) is 0 Å². The molecule has 2 heteroatoms. The highest BCUT2D eigenvalue weighted by Gasteiger charge is 2.22. The van der Waals surface area contributed by atoms with Crippen LogP contribution in [0.5, 0.6) is 0 Å². The van der Waals surface area contributed by atoms with E-state index in [1.165, 1.54) is 32.1 Å². The van der Waals surface area contributed by atoms with Crippen LogP contribution in [-0.2, 0) is 4.74 Å². The van der Waals surface area contributed by atoms with Crippen molar-refractivity contribution in [2.45, 2.75) is 71.9 Å². The number of rotatable bonds is 7. The van der Waals surface area contributed by atoms with Crippen LogP contribution in [0.25, 0.3) is 0 Å². The summed E-state index contributed by atoms with van der Waals surface area (Å²) in [7, 11) is 0. The van der Waals surface area contributed by atoms with Crippen molar-refractivity contribution in [2.24, 2.45) is 11.8 Å². The van der Waals surface area contributed by atoms with E-state index in [1.807, 2.05) is 0 Å². The first-order valence-electron chi connectivity index (χ1n) is 7.51. The molecule has 1 aliphatic rings. The Morgan fingerprint density at radius 3 is 2.29 bits per heavy atom. The zero-order valence-electron chi connectivity index (χ0n) is 12.2. The fourth-order valence-electron chi connectivity index (χ4n) is 2.73. The fourth-order valence-corrected chi connectivity index (χ4v) is 2.73. The standard InChI is InChI=1S/C15H31NO/c1-5-12(3)11-15(6-2)16-13(4)14-7-9-17-10-8-14/h12-16H,5-11H2,1-4H3. The third-order valence-corrected chi connectivity index (χ3v) is 4.35. The lowest BCUT2D eigenvalue weighted by Crippen LogP contribution is -2.43. The molecule has 0 spiro atoms. The number of ether oxygens (including phenoxy) is 1. The maximum atomic E-state index is 5.44. The molecule has 0 amide bonds. The van der Waals surface area contributed by atoms with Crippen molar-refractivity contribution >= 4 is 0 Å². The zero-order chi connectivity index (χ0) is 12.7. The Kier molecular flexibility index (Phi) is 7.14. The van der Waals surface area contributed by atoms with Gasteiger partial charge in [-0.05, 0) is 44.4 Å². The molecule has 1 fully saturated rings. The van der Waals surface area contributed by atoms with Crippen LogP contribution in [0, 0.1) is 11.8 Å². The molecule has 3 unspecified atom stereocenters. The van der Waals surface area contributed by atoms with Gasteiger partial charge >= 0.3 is 0 Å². The molecule has 1 rings (SSSR count). The quantitative estimate of drug-likeness (QED) is 0.735. The molecule has 1 heterocycles. The van der Waals surface area contributed by atoms with Gasteiger partial charge in [0, 0.05) is 25.3 Å². The van der Waals surface area contributed by atoms with E-state index in [2.05, 4.69) is 33.0 Å². The Hall–Kier alpha value is -0.0800. The lowest BCUT2D eigenvalue weighted by molar-refractivity contribution is 0.0538. The van der Waals surface area contributed by atoms with Gasteiger partial charge in [-0.15, -0.1) is 0 Å². The summed E-state index contributed by atoms with van der Waals surface area (Å²) < 4.78 is 5.44. The minimum atomic E-state index is 0.646. The van der Waals surface area contributed by atoms with Gasteiger partial charge in [0.1, 0.15) is 0 Å². The van der Waals surface area contributed by atoms with Gasteiger partial charge in [0.05, 0.1) is 0 Å². The smallest absolute Gasteiger partial charge is 0.0469 e. The normalized spacial score (nSPS) is 23.3. The monoisotopic (exact) mass is 241 g/mol. The van der Waals surface area contributed by atoms with Crippen molar-refractivity contribution in [3.05, 3.63) is 0 Å². The van der Waals surface area contributed by atoms with E-state index in [1.54, 1.807) is 0 Å². The Labute approximate surface area is 108 Å². The average molecular weight is 241 g/mol. The molecule has 1 N–H and O–H groups in total. The summed E-state index contributed by atoms with van der Waals surface area (Å²) in [6.07, 6.45) is 6.32. The average Bonchev–Trinajstić information content (AvgIpc) is 2.38. The lowest BCUT2D eigenvalue weighted by Gasteiger charge is -2.32. The van der Waals surface area contributed by atoms with Crippen LogP contribution < -0.4 is 5.32 Å². The van der Waals surface area contributed by atoms with E-state index in [9.17, 15) is 0 Å². The van der Waals surface area contributed by atoms with E-state index >= 15 is 0 Å². The van der Waals surface area contributed by atoms with Crippen LogP contribution in [0.15, 0.2) is 0 Å². The molecule has 0 aromatic heterocycles. The molecule has 0 bridgehead atoms. The highest BCUT2D eigenvalue weighted by atomic mass is 16.5. The highest BCUT2D eigenvalue weighted by molar-refractivity contribution is 4.79. The van der Waals surface area contributed by atoms with E-state index in [0.717, 1.165) is 25.0 Å². The van der Waals surface area contributed by atoms with Gasteiger partial charge in [0.25, 0.3) is 0 Å². The van der Waals surface area contributed by atoms with Crippen molar-refractivity contribution in [2.75, 3.05) is 13.2 Å². The molecule has 0 saturated carbocycles. The van der Waals surface area contributed by atoms with Gasteiger partial charge in [-0.1, -0.05) is 27.2 Å². The molecule has 2 nitrogen and oxygen atoms in total. The summed E-state index contributed by atoms with van der Waals surface area (Å²) in [5.74, 6) is 1.66. The lowest BCUT2D eigenvalue weighted by atomic mass is 9.90. The SMILES string of the molecule is CCC(C)CC(CC)NC(C)C1CCOCC1. The van der Waals surface area contributed by atoms with Crippen LogP contribution in [0.3, 0.4) is 0 Å². The van der Waals surface area contributed by atoms with Gasteiger partial charge < -0.3 is 10.1 Å². The molecule has 0 aromatic rings. The molecule has 102 valence electrons. The van der Waals surface area contributed by atoms with Crippen LogP contribution in [0.4, 0.5) is 0 Å². The molecule has 0 aliphatic carbocycles. The van der Waals surface area contributed by atoms with Crippen LogP contribution in [-0.4, -0.2) is 25.3 Å². The third-order valence-electron chi connectivity index (χ3n) is 4.35. The zero-order valence-corrected chi connectivity index (χ0v) is 12.2. The first-order valence-corrected chi connectivity index (χ1v) is 7.51. The molecule has 1 aliphatic heterocycles.